The van der Waals surface area contributed by atoms with Crippen LogP contribution in [0.25, 0.3) is 0 Å². The fraction of sp³-hybridized carbons (Fsp3) is 0.479. The first-order chi connectivity index (χ1) is 30.1. The van der Waals surface area contributed by atoms with Gasteiger partial charge < -0.3 is 48.4 Å². The summed E-state index contributed by atoms with van der Waals surface area (Å²) in [6, 6.07) is 17.2. The highest BCUT2D eigenvalue weighted by molar-refractivity contribution is 6.03. The largest absolute Gasteiger partial charge is 0.497 e. The lowest BCUT2D eigenvalue weighted by Crippen LogP contribution is -2.69. The van der Waals surface area contributed by atoms with Crippen LogP contribution in [0, 0.1) is 17.8 Å². The molecule has 6 rings (SSSR count). The minimum absolute atomic E-state index is 0.0131. The molecule has 334 valence electrons. The highest BCUT2D eigenvalue weighted by Gasteiger charge is 2.65. The molecule has 0 spiro atoms. The zero-order valence-corrected chi connectivity index (χ0v) is 36.5. The molecule has 0 aromatic heterocycles. The number of amides is 2. The maximum atomic E-state index is 14.5. The lowest BCUT2D eigenvalue weighted by atomic mass is 9.55. The van der Waals surface area contributed by atoms with Gasteiger partial charge in [-0.3, -0.25) is 10.1 Å². The average molecular weight is 856 g/mol. The van der Waals surface area contributed by atoms with Crippen molar-refractivity contribution < 1.29 is 53.1 Å². The van der Waals surface area contributed by atoms with Crippen LogP contribution in [0.5, 0.6) is 28.7 Å². The molecule has 3 aromatic carbocycles. The van der Waals surface area contributed by atoms with Crippen molar-refractivity contribution in [1.82, 2.24) is 4.90 Å². The number of hydrogen-bond acceptors (Lipinski definition) is 12. The van der Waals surface area contributed by atoms with Gasteiger partial charge in [0.1, 0.15) is 41.4 Å². The fourth-order valence-electron chi connectivity index (χ4n) is 9.33. The summed E-state index contributed by atoms with van der Waals surface area (Å²) >= 11 is 0. The number of benzene rings is 3. The Hall–Kier alpha value is -5.57. The number of methoxy groups -OCH3 is 3. The molecule has 1 fully saturated rings. The average Bonchev–Trinajstić information content (AvgIpc) is 3.28. The Morgan fingerprint density at radius 1 is 0.952 bits per heavy atom. The molecule has 1 heterocycles. The Balaban J connectivity index is 1.49. The molecule has 6 atom stereocenters. The number of aliphatic hydroxyl groups excluding tert-OH is 2. The molecule has 1 aliphatic heterocycles. The first-order valence-electron chi connectivity index (χ1n) is 21.4. The van der Waals surface area contributed by atoms with Crippen molar-refractivity contribution in [2.75, 3.05) is 60.1 Å². The van der Waals surface area contributed by atoms with Gasteiger partial charge in [0.15, 0.2) is 0 Å². The van der Waals surface area contributed by atoms with Crippen molar-refractivity contribution in [3.63, 3.8) is 0 Å². The number of aliphatic hydroxyl groups is 2. The van der Waals surface area contributed by atoms with E-state index in [1.807, 2.05) is 37.3 Å². The SMILES string of the molecule is C=CCO[C@@]12Oc3ccc(OC(=O)Nc4ccc(OC)cc4OC)cc3[C@H]3[C@H](CCCCO)[C@@H](CCCCO)C=C(C(=NOCC)C[C@@H]1N(C)C(=O)Cc1cccc(OC)c1)[C@H]32. The Morgan fingerprint density at radius 2 is 1.69 bits per heavy atom. The van der Waals surface area contributed by atoms with Gasteiger partial charge in [0.2, 0.25) is 11.7 Å². The molecule has 3 aliphatic rings. The van der Waals surface area contributed by atoms with Crippen molar-refractivity contribution in [3.05, 3.63) is 96.1 Å². The van der Waals surface area contributed by atoms with Crippen LogP contribution in [-0.2, 0) is 20.8 Å². The second-order valence-corrected chi connectivity index (χ2v) is 15.8. The summed E-state index contributed by atoms with van der Waals surface area (Å²) in [5, 5.41) is 27.3. The van der Waals surface area contributed by atoms with Crippen LogP contribution < -0.4 is 29.0 Å². The molecule has 0 saturated heterocycles. The summed E-state index contributed by atoms with van der Waals surface area (Å²) in [6.45, 7) is 6.48. The number of carbonyl (C=O) groups excluding carboxylic acids is 2. The van der Waals surface area contributed by atoms with Gasteiger partial charge in [-0.25, -0.2) is 4.79 Å². The number of carbonyl (C=O) groups is 2. The van der Waals surface area contributed by atoms with Crippen LogP contribution in [0.1, 0.15) is 68.9 Å². The minimum Gasteiger partial charge on any atom is -0.497 e. The van der Waals surface area contributed by atoms with Crippen LogP contribution in [0.3, 0.4) is 0 Å². The molecule has 14 heteroatoms. The lowest BCUT2D eigenvalue weighted by molar-refractivity contribution is -0.255. The van der Waals surface area contributed by atoms with E-state index in [4.69, 9.17) is 38.4 Å². The van der Waals surface area contributed by atoms with Crippen LogP contribution in [0.15, 0.2) is 90.1 Å². The Labute approximate surface area is 364 Å². The summed E-state index contributed by atoms with van der Waals surface area (Å²) in [7, 11) is 6.42. The number of fused-ring (bicyclic) bond motifs is 2. The zero-order chi connectivity index (χ0) is 44.2. The number of likely N-dealkylation sites (N-methyl/N-ethyl adjacent to an activating group) is 1. The van der Waals surface area contributed by atoms with Crippen molar-refractivity contribution in [3.8, 4) is 28.7 Å². The van der Waals surface area contributed by atoms with E-state index in [0.717, 1.165) is 42.4 Å². The molecule has 0 radical (unpaired) electrons. The van der Waals surface area contributed by atoms with E-state index in [1.165, 1.54) is 7.11 Å². The van der Waals surface area contributed by atoms with Crippen LogP contribution in [0.4, 0.5) is 10.5 Å². The van der Waals surface area contributed by atoms with Crippen LogP contribution in [0.2, 0.25) is 0 Å². The van der Waals surface area contributed by atoms with E-state index in [-0.39, 0.29) is 56.3 Å². The third kappa shape index (κ3) is 10.0. The molecule has 62 heavy (non-hydrogen) atoms. The summed E-state index contributed by atoms with van der Waals surface area (Å²) in [5.41, 5.74) is 3.61. The first kappa shape index (κ1) is 45.9. The second kappa shape index (κ2) is 21.5. The van der Waals surface area contributed by atoms with Gasteiger partial charge in [-0.15, -0.1) is 6.58 Å². The topological polar surface area (TPSA) is 167 Å². The number of allylic oxidation sites excluding steroid dienone is 1. The van der Waals surface area contributed by atoms with E-state index in [9.17, 15) is 19.8 Å². The number of unbranched alkanes of at least 4 members (excludes halogenated alkanes) is 2. The summed E-state index contributed by atoms with van der Waals surface area (Å²) in [6.07, 6.45) is 7.98. The number of hydrogen-bond donors (Lipinski definition) is 3. The van der Waals surface area contributed by atoms with Gasteiger partial charge in [-0.1, -0.05) is 42.3 Å². The number of ether oxygens (including phenoxy) is 6. The van der Waals surface area contributed by atoms with E-state index in [2.05, 4.69) is 18.0 Å². The van der Waals surface area contributed by atoms with Crippen molar-refractivity contribution >= 4 is 23.4 Å². The minimum atomic E-state index is -1.42. The second-order valence-electron chi connectivity index (χ2n) is 15.8. The predicted molar refractivity (Wildman–Crippen MR) is 235 cm³/mol. The fourth-order valence-corrected chi connectivity index (χ4v) is 9.33. The number of nitrogens with zero attached hydrogens (tertiary/aromatic N) is 2. The van der Waals surface area contributed by atoms with Crippen molar-refractivity contribution in [1.29, 1.82) is 0 Å². The zero-order valence-electron chi connectivity index (χ0n) is 36.5. The predicted octanol–water partition coefficient (Wildman–Crippen LogP) is 7.68. The lowest BCUT2D eigenvalue weighted by Gasteiger charge is -2.59. The molecule has 1 saturated carbocycles. The first-order valence-corrected chi connectivity index (χ1v) is 21.4. The van der Waals surface area contributed by atoms with Crippen LogP contribution in [-0.4, -0.2) is 99.5 Å². The molecule has 2 aliphatic carbocycles. The van der Waals surface area contributed by atoms with E-state index in [0.29, 0.717) is 59.6 Å². The highest BCUT2D eigenvalue weighted by atomic mass is 16.7. The van der Waals surface area contributed by atoms with E-state index < -0.39 is 23.8 Å². The number of oxime groups is 1. The standard InChI is InChI=1S/C48H61N3O11/c1-7-24-59-48-43(51(3)44(54)26-31-14-13-16-33(25-31)56-4)30-40(50-60-8-2)37-27-32(15-9-11-22-52)36(17-10-12-23-53)45(46(37)48)38-28-35(19-21-41(38)62-48)61-47(55)49-39-20-18-34(57-5)29-42(39)58-6/h7,13-14,16,18-21,25,27-29,32,36,43,45-46,52-53H,1,8-12,15,17,22-24,26,30H2,2-6H3,(H,49,55)/t32-,36+,43-,45+,46+,48+/m0/s1. The monoisotopic (exact) mass is 855 g/mol. The van der Waals surface area contributed by atoms with Gasteiger partial charge in [-0.2, -0.15) is 0 Å². The molecular weight excluding hydrogens is 795 g/mol. The van der Waals surface area contributed by atoms with Gasteiger partial charge in [-0.05, 0) is 98.0 Å². The maximum Gasteiger partial charge on any atom is 0.417 e. The third-order valence-electron chi connectivity index (χ3n) is 12.2. The Bertz CT molecular complexity index is 2090. The summed E-state index contributed by atoms with van der Waals surface area (Å²) < 4.78 is 36.4. The number of nitrogens with one attached hydrogen (secondary N) is 1. The van der Waals surface area contributed by atoms with Crippen LogP contribution >= 0.6 is 0 Å². The molecule has 3 N–H and O–H groups in total. The van der Waals surface area contributed by atoms with Gasteiger partial charge in [0, 0.05) is 44.2 Å². The van der Waals surface area contributed by atoms with E-state index >= 15 is 0 Å². The Kier molecular flexibility index (Phi) is 15.9. The normalized spacial score (nSPS) is 22.9. The molecule has 0 unspecified atom stereocenters. The van der Waals surface area contributed by atoms with Crippen molar-refractivity contribution in [2.24, 2.45) is 22.9 Å². The molecule has 0 bridgehead atoms. The third-order valence-corrected chi connectivity index (χ3v) is 12.2. The number of anilines is 1. The smallest absolute Gasteiger partial charge is 0.417 e. The molecule has 2 amide bonds. The van der Waals surface area contributed by atoms with Gasteiger partial charge >= 0.3 is 6.09 Å². The molecular formula is C48H61N3O11. The molecule has 14 nitrogen and oxygen atoms in total. The summed E-state index contributed by atoms with van der Waals surface area (Å²) in [4.78, 5) is 35.5. The van der Waals surface area contributed by atoms with Gasteiger partial charge in [0.25, 0.3) is 0 Å². The highest BCUT2D eigenvalue weighted by Crippen LogP contribution is 2.62. The van der Waals surface area contributed by atoms with Crippen molar-refractivity contribution in [2.45, 2.75) is 76.0 Å². The Morgan fingerprint density at radius 3 is 2.40 bits per heavy atom. The van der Waals surface area contributed by atoms with E-state index in [1.54, 1.807) is 62.6 Å². The maximum absolute atomic E-state index is 14.5. The quantitative estimate of drug-likeness (QED) is 0.0547. The molecule has 3 aromatic rings. The summed E-state index contributed by atoms with van der Waals surface area (Å²) in [5.74, 6) is 0.0850. The van der Waals surface area contributed by atoms with Gasteiger partial charge in [0.05, 0.1) is 51.7 Å². The number of rotatable bonds is 21.